The van der Waals surface area contributed by atoms with Gasteiger partial charge in [0.25, 0.3) is 0 Å². The molecule has 0 aromatic carbocycles. The molecule has 0 spiro atoms. The number of carbonyl (C=O) groups excluding carboxylic acids is 2. The molecule has 1 aliphatic heterocycles. The van der Waals surface area contributed by atoms with Crippen LogP contribution in [0.4, 0.5) is 0 Å². The quantitative estimate of drug-likeness (QED) is 0.166. The van der Waals surface area contributed by atoms with Gasteiger partial charge in [0, 0.05) is 5.70 Å². The van der Waals surface area contributed by atoms with Gasteiger partial charge in [-0.1, -0.05) is 0 Å². The van der Waals surface area contributed by atoms with Crippen LogP contribution >= 0.6 is 0 Å². The second kappa shape index (κ2) is 2.29. The molecule has 1 saturated heterocycles. The van der Waals surface area contributed by atoms with Gasteiger partial charge < -0.3 is 10.5 Å². The fraction of sp³-hybridized carbons (Fsp3) is 0.333. The number of nitrogens with two attached hydrogens (primary N) is 3. The van der Waals surface area contributed by atoms with Gasteiger partial charge in [-0.2, -0.15) is 0 Å². The van der Waals surface area contributed by atoms with Crippen LogP contribution in [-0.4, -0.2) is 17.6 Å². The predicted molar refractivity (Wildman–Crippen MR) is 39.1 cm³/mol. The minimum absolute atomic E-state index is 0.0934. The summed E-state index contributed by atoms with van der Waals surface area (Å²) in [5.74, 6) is -1.85. The number of cyclic esters (lactones) is 2. The molecule has 0 bridgehead atoms. The van der Waals surface area contributed by atoms with Crippen LogP contribution < -0.4 is 17.2 Å². The van der Waals surface area contributed by atoms with Crippen molar-refractivity contribution >= 4 is 11.9 Å². The first kappa shape index (κ1) is 8.69. The Morgan fingerprint density at radius 1 is 1.42 bits per heavy atom. The van der Waals surface area contributed by atoms with Gasteiger partial charge in [-0.25, -0.2) is 9.59 Å². The number of ether oxygens (including phenoxy) is 1. The summed E-state index contributed by atoms with van der Waals surface area (Å²) < 4.78 is 4.18. The second-order valence-electron chi connectivity index (χ2n) is 2.60. The zero-order valence-corrected chi connectivity index (χ0v) is 6.46. The van der Waals surface area contributed by atoms with Gasteiger partial charge in [0.2, 0.25) is 0 Å². The summed E-state index contributed by atoms with van der Waals surface area (Å²) in [4.78, 5) is 21.7. The molecule has 0 aromatic heterocycles. The topological polar surface area (TPSA) is 121 Å². The van der Waals surface area contributed by atoms with E-state index in [9.17, 15) is 9.59 Å². The molecule has 0 saturated carbocycles. The first-order chi connectivity index (χ1) is 5.37. The summed E-state index contributed by atoms with van der Waals surface area (Å²) in [7, 11) is 0. The maximum Gasteiger partial charge on any atom is 0.354 e. The van der Waals surface area contributed by atoms with Crippen LogP contribution in [0.5, 0.6) is 0 Å². The normalized spacial score (nSPS) is 25.6. The van der Waals surface area contributed by atoms with E-state index in [0.717, 1.165) is 0 Å². The summed E-state index contributed by atoms with van der Waals surface area (Å²) in [6.07, 6.45) is 0. The van der Waals surface area contributed by atoms with Crippen LogP contribution in [0.2, 0.25) is 0 Å². The van der Waals surface area contributed by atoms with E-state index in [1.54, 1.807) is 0 Å². The lowest BCUT2D eigenvalue weighted by Gasteiger charge is -2.12. The molecule has 1 fully saturated rings. The molecule has 0 aliphatic carbocycles. The Bertz CT molecular complexity index is 288. The van der Waals surface area contributed by atoms with Crippen molar-refractivity contribution in [2.75, 3.05) is 0 Å². The average Bonchev–Trinajstić information content (AvgIpc) is 2.02. The first-order valence-corrected chi connectivity index (χ1v) is 3.18. The molecule has 12 heavy (non-hydrogen) atoms. The van der Waals surface area contributed by atoms with Crippen LogP contribution in [0.1, 0.15) is 6.92 Å². The largest absolute Gasteiger partial charge is 0.402 e. The van der Waals surface area contributed by atoms with Crippen molar-refractivity contribution in [2.45, 2.75) is 12.6 Å². The third-order valence-corrected chi connectivity index (χ3v) is 1.54. The molecule has 1 aliphatic rings. The van der Waals surface area contributed by atoms with Crippen LogP contribution in [0.3, 0.4) is 0 Å². The van der Waals surface area contributed by atoms with Crippen LogP contribution in [0, 0.1) is 0 Å². The fourth-order valence-corrected chi connectivity index (χ4v) is 0.978. The molecule has 0 radical (unpaired) electrons. The molecule has 0 amide bonds. The molecule has 1 heterocycles. The smallest absolute Gasteiger partial charge is 0.354 e. The van der Waals surface area contributed by atoms with Crippen molar-refractivity contribution in [3.8, 4) is 0 Å². The van der Waals surface area contributed by atoms with Gasteiger partial charge >= 0.3 is 11.9 Å². The molecule has 1 rings (SSSR count). The standard InChI is InChI=1S/C6H9N3O3/c1-2(7)3-4(10)12-5(11)6(3,8)9/h7-9H2,1H3/b3-2-. The predicted octanol–water partition coefficient (Wildman–Crippen LogP) is -2.08. The van der Waals surface area contributed by atoms with E-state index in [2.05, 4.69) is 4.74 Å². The number of hydrogen-bond donors (Lipinski definition) is 3. The van der Waals surface area contributed by atoms with Gasteiger partial charge in [0.15, 0.2) is 5.66 Å². The fourth-order valence-electron chi connectivity index (χ4n) is 0.978. The Morgan fingerprint density at radius 3 is 2.08 bits per heavy atom. The van der Waals surface area contributed by atoms with Gasteiger partial charge in [0.1, 0.15) is 5.57 Å². The summed E-state index contributed by atoms with van der Waals surface area (Å²) >= 11 is 0. The maximum atomic E-state index is 10.9. The molecular formula is C6H9N3O3. The Morgan fingerprint density at radius 2 is 1.92 bits per heavy atom. The van der Waals surface area contributed by atoms with Crippen molar-refractivity contribution in [1.29, 1.82) is 0 Å². The third kappa shape index (κ3) is 0.973. The highest BCUT2D eigenvalue weighted by Gasteiger charge is 2.49. The van der Waals surface area contributed by atoms with E-state index in [4.69, 9.17) is 17.2 Å². The highest BCUT2D eigenvalue weighted by Crippen LogP contribution is 2.21. The van der Waals surface area contributed by atoms with Crippen LogP contribution in [-0.2, 0) is 14.3 Å². The first-order valence-electron chi connectivity index (χ1n) is 3.18. The van der Waals surface area contributed by atoms with E-state index < -0.39 is 17.6 Å². The van der Waals surface area contributed by atoms with E-state index >= 15 is 0 Å². The van der Waals surface area contributed by atoms with Crippen molar-refractivity contribution in [1.82, 2.24) is 0 Å². The van der Waals surface area contributed by atoms with Gasteiger partial charge in [-0.05, 0) is 6.92 Å². The number of hydrogen-bond acceptors (Lipinski definition) is 6. The lowest BCUT2D eigenvalue weighted by Crippen LogP contribution is -2.55. The number of carbonyl (C=O) groups is 2. The SMILES string of the molecule is C/C(N)=C1\C(=O)OC(=O)C1(N)N. The summed E-state index contributed by atoms with van der Waals surface area (Å²) in [5, 5.41) is 0. The van der Waals surface area contributed by atoms with Crippen LogP contribution in [0.15, 0.2) is 11.3 Å². The van der Waals surface area contributed by atoms with Gasteiger partial charge in [-0.3, -0.25) is 11.5 Å². The van der Waals surface area contributed by atoms with E-state index in [-0.39, 0.29) is 11.3 Å². The highest BCUT2D eigenvalue weighted by atomic mass is 16.6. The van der Waals surface area contributed by atoms with Crippen molar-refractivity contribution in [3.05, 3.63) is 11.3 Å². The third-order valence-electron chi connectivity index (χ3n) is 1.54. The molecule has 66 valence electrons. The van der Waals surface area contributed by atoms with E-state index in [1.165, 1.54) is 6.92 Å². The van der Waals surface area contributed by atoms with E-state index in [0.29, 0.717) is 0 Å². The molecule has 0 atom stereocenters. The Kier molecular flexibility index (Phi) is 1.66. The molecule has 6 heteroatoms. The Hall–Kier alpha value is -1.40. The summed E-state index contributed by atoms with van der Waals surface area (Å²) in [6.45, 7) is 1.42. The van der Waals surface area contributed by atoms with E-state index in [1.807, 2.05) is 0 Å². The maximum absolute atomic E-state index is 10.9. The van der Waals surface area contributed by atoms with Crippen molar-refractivity contribution < 1.29 is 14.3 Å². The molecular weight excluding hydrogens is 162 g/mol. The monoisotopic (exact) mass is 171 g/mol. The molecule has 6 N–H and O–H groups in total. The minimum atomic E-state index is -1.89. The summed E-state index contributed by atoms with van der Waals surface area (Å²) in [6, 6.07) is 0. The Balaban J connectivity index is 3.27. The van der Waals surface area contributed by atoms with Crippen molar-refractivity contribution in [2.24, 2.45) is 17.2 Å². The number of rotatable bonds is 0. The Labute approximate surface area is 68.3 Å². The zero-order valence-electron chi connectivity index (χ0n) is 6.46. The minimum Gasteiger partial charge on any atom is -0.402 e. The number of allylic oxidation sites excluding steroid dienone is 1. The van der Waals surface area contributed by atoms with Crippen molar-refractivity contribution in [3.63, 3.8) is 0 Å². The van der Waals surface area contributed by atoms with Crippen LogP contribution in [0.25, 0.3) is 0 Å². The molecule has 0 unspecified atom stereocenters. The van der Waals surface area contributed by atoms with Gasteiger partial charge in [-0.15, -0.1) is 0 Å². The summed E-state index contributed by atoms with van der Waals surface area (Å²) in [5.41, 5.74) is 13.9. The molecule has 6 nitrogen and oxygen atoms in total. The molecule has 0 aromatic rings. The second-order valence-corrected chi connectivity index (χ2v) is 2.60. The number of esters is 2. The van der Waals surface area contributed by atoms with Gasteiger partial charge in [0.05, 0.1) is 0 Å². The average molecular weight is 171 g/mol. The lowest BCUT2D eigenvalue weighted by molar-refractivity contribution is -0.153. The lowest BCUT2D eigenvalue weighted by atomic mass is 10.0. The highest BCUT2D eigenvalue weighted by molar-refractivity contribution is 6.12. The zero-order chi connectivity index (χ0) is 9.52.